The minimum atomic E-state index is -0.400. The van der Waals surface area contributed by atoms with Gasteiger partial charge in [0.15, 0.2) is 0 Å². The molecule has 1 nitrogen and oxygen atoms in total. The van der Waals surface area contributed by atoms with Crippen LogP contribution in [-0.4, -0.2) is 10.7 Å². The van der Waals surface area contributed by atoms with Gasteiger partial charge >= 0.3 is 0 Å². The van der Waals surface area contributed by atoms with E-state index in [1.54, 1.807) is 0 Å². The molecule has 0 aromatic rings. The zero-order chi connectivity index (χ0) is 13.8. The highest BCUT2D eigenvalue weighted by atomic mass is 16.3. The standard InChI is InChI=1S/C19H30O/c1-2-3-8-19(20,17-9-4-15(13-17)5-10-17)18-11-6-16(14-18)7-12-18/h2-3,15-16,20H,4-14H2,1H3/b3-2+. The van der Waals surface area contributed by atoms with Crippen LogP contribution in [0.2, 0.25) is 0 Å². The van der Waals surface area contributed by atoms with Crippen LogP contribution < -0.4 is 0 Å². The van der Waals surface area contributed by atoms with Crippen LogP contribution in [0.15, 0.2) is 12.2 Å². The molecule has 4 bridgehead atoms. The molecular weight excluding hydrogens is 244 g/mol. The van der Waals surface area contributed by atoms with Gasteiger partial charge in [0, 0.05) is 10.8 Å². The Morgan fingerprint density at radius 3 is 1.70 bits per heavy atom. The summed E-state index contributed by atoms with van der Waals surface area (Å²) in [5.74, 6) is 1.87. The van der Waals surface area contributed by atoms with Crippen molar-refractivity contribution in [2.24, 2.45) is 22.7 Å². The second-order valence-electron chi connectivity index (χ2n) is 8.49. The zero-order valence-electron chi connectivity index (χ0n) is 13.0. The third-order valence-corrected chi connectivity index (χ3v) is 7.89. The number of hydrogen-bond donors (Lipinski definition) is 1. The molecule has 0 radical (unpaired) electrons. The van der Waals surface area contributed by atoms with Crippen LogP contribution in [-0.2, 0) is 0 Å². The maximum Gasteiger partial charge on any atom is 0.0793 e. The molecule has 0 aliphatic heterocycles. The lowest BCUT2D eigenvalue weighted by molar-refractivity contribution is -0.168. The lowest BCUT2D eigenvalue weighted by Crippen LogP contribution is -2.57. The number of rotatable bonds is 4. The smallest absolute Gasteiger partial charge is 0.0793 e. The summed E-state index contributed by atoms with van der Waals surface area (Å²) in [6.45, 7) is 2.11. The molecule has 112 valence electrons. The Kier molecular flexibility index (Phi) is 2.91. The molecule has 0 saturated heterocycles. The molecule has 0 atom stereocenters. The molecule has 4 saturated carbocycles. The fourth-order valence-corrected chi connectivity index (χ4v) is 6.83. The van der Waals surface area contributed by atoms with E-state index in [4.69, 9.17) is 0 Å². The average Bonchev–Trinajstić information content (AvgIpc) is 3.23. The predicted octanol–water partition coefficient (Wildman–Crippen LogP) is 4.84. The van der Waals surface area contributed by atoms with Crippen LogP contribution in [0.3, 0.4) is 0 Å². The Morgan fingerprint density at radius 1 is 0.950 bits per heavy atom. The first-order valence-electron chi connectivity index (χ1n) is 8.97. The fourth-order valence-electron chi connectivity index (χ4n) is 6.83. The van der Waals surface area contributed by atoms with Gasteiger partial charge < -0.3 is 5.11 Å². The van der Waals surface area contributed by atoms with E-state index in [2.05, 4.69) is 19.1 Å². The van der Waals surface area contributed by atoms with E-state index in [9.17, 15) is 5.11 Å². The highest BCUT2D eigenvalue weighted by Crippen LogP contribution is 2.71. The first-order chi connectivity index (χ1) is 9.63. The summed E-state index contributed by atoms with van der Waals surface area (Å²) in [6.07, 6.45) is 18.8. The molecule has 0 aromatic carbocycles. The Balaban J connectivity index is 1.74. The molecule has 20 heavy (non-hydrogen) atoms. The van der Waals surface area contributed by atoms with Crippen LogP contribution in [0.4, 0.5) is 0 Å². The first kappa shape index (κ1) is 13.4. The lowest BCUT2D eigenvalue weighted by atomic mass is 9.54. The lowest BCUT2D eigenvalue weighted by Gasteiger charge is -2.54. The molecule has 4 rings (SSSR count). The van der Waals surface area contributed by atoms with Crippen LogP contribution in [0.1, 0.15) is 77.6 Å². The van der Waals surface area contributed by atoms with E-state index in [0.29, 0.717) is 0 Å². The van der Waals surface area contributed by atoms with Gasteiger partial charge in [-0.2, -0.15) is 0 Å². The minimum absolute atomic E-state index is 0.274. The SMILES string of the molecule is C/C=C/CC(O)(C12CCC(CC1)C2)C12CCC(CC1)C2. The molecule has 0 aromatic heterocycles. The van der Waals surface area contributed by atoms with Gasteiger partial charge in [-0.25, -0.2) is 0 Å². The second-order valence-corrected chi connectivity index (χ2v) is 8.49. The molecule has 0 unspecified atom stereocenters. The summed E-state index contributed by atoms with van der Waals surface area (Å²) in [5.41, 5.74) is 0.149. The van der Waals surface area contributed by atoms with Crippen molar-refractivity contribution < 1.29 is 5.11 Å². The molecule has 4 aliphatic rings. The predicted molar refractivity (Wildman–Crippen MR) is 82.4 cm³/mol. The van der Waals surface area contributed by atoms with Gasteiger partial charge in [-0.3, -0.25) is 0 Å². The van der Waals surface area contributed by atoms with Crippen molar-refractivity contribution in [3.8, 4) is 0 Å². The Bertz CT molecular complexity index is 375. The quantitative estimate of drug-likeness (QED) is 0.727. The third-order valence-electron chi connectivity index (χ3n) is 7.89. The van der Waals surface area contributed by atoms with E-state index < -0.39 is 5.60 Å². The topological polar surface area (TPSA) is 20.2 Å². The summed E-state index contributed by atoms with van der Waals surface area (Å²) >= 11 is 0. The highest BCUT2D eigenvalue weighted by Gasteiger charge is 2.67. The van der Waals surface area contributed by atoms with Gasteiger partial charge in [0.1, 0.15) is 0 Å². The van der Waals surface area contributed by atoms with Crippen molar-refractivity contribution in [2.45, 2.75) is 83.2 Å². The highest BCUT2D eigenvalue weighted by molar-refractivity contribution is 5.19. The summed E-state index contributed by atoms with van der Waals surface area (Å²) in [4.78, 5) is 0. The summed E-state index contributed by atoms with van der Waals surface area (Å²) in [7, 11) is 0. The van der Waals surface area contributed by atoms with E-state index >= 15 is 0 Å². The zero-order valence-corrected chi connectivity index (χ0v) is 13.0. The van der Waals surface area contributed by atoms with Gasteiger partial charge in [0.2, 0.25) is 0 Å². The van der Waals surface area contributed by atoms with Gasteiger partial charge in [-0.15, -0.1) is 0 Å². The number of aliphatic hydroxyl groups is 1. The molecule has 0 spiro atoms. The van der Waals surface area contributed by atoms with Crippen LogP contribution >= 0.6 is 0 Å². The third kappa shape index (κ3) is 1.54. The van der Waals surface area contributed by atoms with Crippen molar-refractivity contribution in [2.75, 3.05) is 0 Å². The summed E-state index contributed by atoms with van der Waals surface area (Å²) in [5, 5.41) is 12.0. The second kappa shape index (κ2) is 4.35. The maximum absolute atomic E-state index is 12.0. The van der Waals surface area contributed by atoms with Gasteiger partial charge in [0.25, 0.3) is 0 Å². The van der Waals surface area contributed by atoms with E-state index in [0.717, 1.165) is 18.3 Å². The van der Waals surface area contributed by atoms with Crippen molar-refractivity contribution in [1.29, 1.82) is 0 Å². The van der Waals surface area contributed by atoms with Gasteiger partial charge in [0.05, 0.1) is 5.60 Å². The van der Waals surface area contributed by atoms with E-state index in [1.807, 2.05) is 0 Å². The molecule has 0 heterocycles. The Labute approximate surface area is 123 Å². The largest absolute Gasteiger partial charge is 0.388 e. The van der Waals surface area contributed by atoms with Crippen LogP contribution in [0.5, 0.6) is 0 Å². The Morgan fingerprint density at radius 2 is 1.40 bits per heavy atom. The minimum Gasteiger partial charge on any atom is -0.388 e. The monoisotopic (exact) mass is 274 g/mol. The summed E-state index contributed by atoms with van der Waals surface area (Å²) in [6, 6.07) is 0. The fraction of sp³-hybridized carbons (Fsp3) is 0.895. The Hall–Kier alpha value is -0.300. The van der Waals surface area contributed by atoms with Crippen molar-refractivity contribution in [1.82, 2.24) is 0 Å². The number of fused-ring (bicyclic) bond motifs is 4. The number of hydrogen-bond acceptors (Lipinski definition) is 1. The van der Waals surface area contributed by atoms with Crippen LogP contribution in [0.25, 0.3) is 0 Å². The molecule has 4 aliphatic carbocycles. The molecule has 1 heteroatoms. The van der Waals surface area contributed by atoms with Gasteiger partial charge in [-0.1, -0.05) is 12.2 Å². The number of allylic oxidation sites excluding steroid dienone is 1. The van der Waals surface area contributed by atoms with E-state index in [1.165, 1.54) is 64.2 Å². The summed E-state index contributed by atoms with van der Waals surface area (Å²) < 4.78 is 0. The van der Waals surface area contributed by atoms with Gasteiger partial charge in [-0.05, 0) is 89.4 Å². The molecular formula is C19H30O. The molecule has 4 fully saturated rings. The molecule has 1 N–H and O–H groups in total. The van der Waals surface area contributed by atoms with E-state index in [-0.39, 0.29) is 10.8 Å². The van der Waals surface area contributed by atoms with Crippen molar-refractivity contribution in [3.05, 3.63) is 12.2 Å². The van der Waals surface area contributed by atoms with Crippen LogP contribution in [0, 0.1) is 22.7 Å². The normalized spacial score (nSPS) is 49.3. The average molecular weight is 274 g/mol. The first-order valence-corrected chi connectivity index (χ1v) is 8.97. The maximum atomic E-state index is 12.0. The van der Waals surface area contributed by atoms with Crippen molar-refractivity contribution >= 4 is 0 Å². The molecule has 0 amide bonds. The van der Waals surface area contributed by atoms with Crippen molar-refractivity contribution in [3.63, 3.8) is 0 Å².